The van der Waals surface area contributed by atoms with Gasteiger partial charge in [0.2, 0.25) is 5.91 Å². The summed E-state index contributed by atoms with van der Waals surface area (Å²) in [6, 6.07) is 6.05. The van der Waals surface area contributed by atoms with Crippen molar-refractivity contribution in [3.63, 3.8) is 0 Å². The number of halogens is 1. The van der Waals surface area contributed by atoms with Gasteiger partial charge in [-0.15, -0.1) is 12.4 Å². The Hall–Kier alpha value is -1.14. The maximum absolute atomic E-state index is 11.7. The van der Waals surface area contributed by atoms with Crippen molar-refractivity contribution in [2.45, 2.75) is 57.1 Å². The molecule has 1 aromatic carbocycles. The van der Waals surface area contributed by atoms with Gasteiger partial charge in [0.25, 0.3) is 0 Å². The summed E-state index contributed by atoms with van der Waals surface area (Å²) in [6.45, 7) is 5.96. The Morgan fingerprint density at radius 1 is 1.36 bits per heavy atom. The van der Waals surface area contributed by atoms with E-state index in [1.807, 2.05) is 18.2 Å². The highest BCUT2D eigenvalue weighted by molar-refractivity contribution is 5.93. The third-order valence-electron chi connectivity index (χ3n) is 5.63. The summed E-state index contributed by atoms with van der Waals surface area (Å²) in [5.74, 6) is -0.375. The lowest BCUT2D eigenvalue weighted by Gasteiger charge is -2.49. The lowest BCUT2D eigenvalue weighted by Crippen LogP contribution is -2.59. The zero-order valence-corrected chi connectivity index (χ0v) is 16.3. The van der Waals surface area contributed by atoms with E-state index in [0.717, 1.165) is 32.2 Å². The van der Waals surface area contributed by atoms with Gasteiger partial charge in [-0.05, 0) is 55.6 Å². The van der Waals surface area contributed by atoms with Gasteiger partial charge in [-0.1, -0.05) is 19.9 Å². The molecule has 1 aromatic rings. The first-order valence-corrected chi connectivity index (χ1v) is 8.93. The van der Waals surface area contributed by atoms with Crippen molar-refractivity contribution < 1.29 is 9.53 Å². The molecule has 0 radical (unpaired) electrons. The fraction of sp³-hybridized carbons (Fsp3) is 0.632. The van der Waals surface area contributed by atoms with E-state index in [0.29, 0.717) is 12.1 Å². The van der Waals surface area contributed by atoms with Crippen molar-refractivity contribution >= 4 is 18.3 Å². The lowest BCUT2D eigenvalue weighted by atomic mass is 9.62. The highest BCUT2D eigenvalue weighted by Gasteiger charge is 2.46. The molecule has 5 nitrogen and oxygen atoms in total. The minimum atomic E-state index is -0.375. The summed E-state index contributed by atoms with van der Waals surface area (Å²) in [5.41, 5.74) is 14.2. The van der Waals surface area contributed by atoms with Crippen LogP contribution in [0, 0.1) is 0 Å². The van der Waals surface area contributed by atoms with Crippen LogP contribution in [0.2, 0.25) is 0 Å². The molecule has 1 amide bonds. The molecular weight excluding hydrogens is 338 g/mol. The van der Waals surface area contributed by atoms with Crippen LogP contribution in [0.3, 0.4) is 0 Å². The average molecular weight is 370 g/mol. The Labute approximate surface area is 157 Å². The second kappa shape index (κ2) is 9.53. The minimum Gasteiger partial charge on any atom is -0.379 e. The number of nitrogens with two attached hydrogens (primary N) is 2. The van der Waals surface area contributed by atoms with Gasteiger partial charge in [-0.3, -0.25) is 4.79 Å². The smallest absolute Gasteiger partial charge is 0.248 e. The molecule has 0 aromatic heterocycles. The largest absolute Gasteiger partial charge is 0.379 e. The third-order valence-corrected chi connectivity index (χ3v) is 5.63. The predicted octanol–water partition coefficient (Wildman–Crippen LogP) is 2.14. The molecule has 2 atom stereocenters. The van der Waals surface area contributed by atoms with Crippen molar-refractivity contribution in [2.24, 2.45) is 11.5 Å². The predicted molar refractivity (Wildman–Crippen MR) is 104 cm³/mol. The summed E-state index contributed by atoms with van der Waals surface area (Å²) in [6.07, 6.45) is 3.82. The van der Waals surface area contributed by atoms with Gasteiger partial charge in [0, 0.05) is 30.6 Å². The van der Waals surface area contributed by atoms with Crippen LogP contribution in [0.15, 0.2) is 18.2 Å². The molecule has 1 aliphatic rings. The summed E-state index contributed by atoms with van der Waals surface area (Å²) in [4.78, 5) is 11.7. The number of fused-ring (bicyclic) bond motifs is 1. The number of rotatable bonds is 8. The molecule has 2 rings (SSSR count). The monoisotopic (exact) mass is 369 g/mol. The fourth-order valence-electron chi connectivity index (χ4n) is 4.21. The van der Waals surface area contributed by atoms with E-state index in [9.17, 15) is 4.79 Å². The van der Waals surface area contributed by atoms with Gasteiger partial charge in [0.15, 0.2) is 0 Å². The van der Waals surface area contributed by atoms with Crippen molar-refractivity contribution in [3.05, 3.63) is 34.9 Å². The van der Waals surface area contributed by atoms with Crippen molar-refractivity contribution in [3.8, 4) is 0 Å². The van der Waals surface area contributed by atoms with E-state index in [1.165, 1.54) is 11.1 Å². The second-order valence-corrected chi connectivity index (χ2v) is 6.65. The molecule has 0 bridgehead atoms. The molecule has 6 heteroatoms. The number of nitrogens with one attached hydrogen (secondary N) is 1. The summed E-state index contributed by atoms with van der Waals surface area (Å²) < 4.78 is 5.84. The topological polar surface area (TPSA) is 90.4 Å². The maximum atomic E-state index is 11.7. The highest BCUT2D eigenvalue weighted by atomic mass is 35.5. The Kier molecular flexibility index (Phi) is 8.35. The fourth-order valence-corrected chi connectivity index (χ4v) is 4.21. The molecule has 25 heavy (non-hydrogen) atoms. The molecule has 5 N–H and O–H groups in total. The molecule has 1 aliphatic carbocycles. The van der Waals surface area contributed by atoms with Gasteiger partial charge in [0.1, 0.15) is 0 Å². The zero-order chi connectivity index (χ0) is 17.7. The van der Waals surface area contributed by atoms with Crippen LogP contribution in [0.5, 0.6) is 0 Å². The number of amides is 1. The Morgan fingerprint density at radius 3 is 2.56 bits per heavy atom. The van der Waals surface area contributed by atoms with Crippen LogP contribution < -0.4 is 16.8 Å². The average Bonchev–Trinajstić information content (AvgIpc) is 2.60. The normalized spacial score (nSPS) is 21.3. The van der Waals surface area contributed by atoms with Crippen LogP contribution in [0.4, 0.5) is 0 Å². The van der Waals surface area contributed by atoms with Crippen LogP contribution in [0.25, 0.3) is 0 Å². The van der Waals surface area contributed by atoms with Crippen molar-refractivity contribution in [1.82, 2.24) is 5.32 Å². The first-order chi connectivity index (χ1) is 11.5. The molecular formula is C19H32ClN3O2. The molecule has 0 saturated carbocycles. The van der Waals surface area contributed by atoms with E-state index in [-0.39, 0.29) is 35.9 Å². The summed E-state index contributed by atoms with van der Waals surface area (Å²) in [7, 11) is 1.78. The van der Waals surface area contributed by atoms with E-state index >= 15 is 0 Å². The quantitative estimate of drug-likeness (QED) is 0.612. The van der Waals surface area contributed by atoms with Gasteiger partial charge < -0.3 is 21.5 Å². The minimum absolute atomic E-state index is 0. The van der Waals surface area contributed by atoms with E-state index in [4.69, 9.17) is 16.2 Å². The van der Waals surface area contributed by atoms with Crippen LogP contribution in [0.1, 0.15) is 54.6 Å². The Bertz CT molecular complexity index is 576. The first kappa shape index (κ1) is 21.9. The number of hydrogen-bond acceptors (Lipinski definition) is 4. The number of benzene rings is 1. The number of primary amides is 1. The standard InChI is InChI=1S/C19H31N3O2.ClH/c1-4-19(5-2)15-11-14(18(21)23)8-7-13(15)12-16(24-3)17(19)22-10-6-9-20;/h7-8,11,16-17,22H,4-6,9-10,12,20H2,1-3H3,(H2,21,23);1H/t16-,17+;/m1./s1. The molecule has 0 spiro atoms. The van der Waals surface area contributed by atoms with Gasteiger partial charge in [-0.2, -0.15) is 0 Å². The number of hydrogen-bond donors (Lipinski definition) is 3. The second-order valence-electron chi connectivity index (χ2n) is 6.65. The maximum Gasteiger partial charge on any atom is 0.248 e. The molecule has 0 saturated heterocycles. The number of methoxy groups -OCH3 is 1. The summed E-state index contributed by atoms with van der Waals surface area (Å²) >= 11 is 0. The molecule has 142 valence electrons. The molecule has 0 aliphatic heterocycles. The lowest BCUT2D eigenvalue weighted by molar-refractivity contribution is 0.0245. The number of carbonyl (C=O) groups excluding carboxylic acids is 1. The summed E-state index contributed by atoms with van der Waals surface area (Å²) in [5, 5.41) is 3.68. The first-order valence-electron chi connectivity index (χ1n) is 8.93. The van der Waals surface area contributed by atoms with Gasteiger partial charge >= 0.3 is 0 Å². The number of carbonyl (C=O) groups is 1. The van der Waals surface area contributed by atoms with E-state index in [1.54, 1.807) is 7.11 Å². The van der Waals surface area contributed by atoms with Crippen LogP contribution >= 0.6 is 12.4 Å². The number of ether oxygens (including phenoxy) is 1. The third kappa shape index (κ3) is 4.17. The Morgan fingerprint density at radius 2 is 2.04 bits per heavy atom. The van der Waals surface area contributed by atoms with E-state index in [2.05, 4.69) is 19.2 Å². The van der Waals surface area contributed by atoms with Gasteiger partial charge in [-0.25, -0.2) is 0 Å². The molecule has 0 heterocycles. The Balaban J connectivity index is 0.00000312. The SMILES string of the molecule is CCC1(CC)c2cc(C(N)=O)ccc2C[C@@H](OC)[C@@H]1NCCCN.Cl. The molecule has 0 unspecified atom stereocenters. The van der Waals surface area contributed by atoms with Gasteiger partial charge in [0.05, 0.1) is 6.10 Å². The highest BCUT2D eigenvalue weighted by Crippen LogP contribution is 2.44. The van der Waals surface area contributed by atoms with E-state index < -0.39 is 0 Å². The zero-order valence-electron chi connectivity index (χ0n) is 15.5. The molecule has 0 fully saturated rings. The van der Waals surface area contributed by atoms with Crippen LogP contribution in [-0.4, -0.2) is 38.3 Å². The van der Waals surface area contributed by atoms with Crippen molar-refractivity contribution in [2.75, 3.05) is 20.2 Å². The van der Waals surface area contributed by atoms with Crippen LogP contribution in [-0.2, 0) is 16.6 Å². The van der Waals surface area contributed by atoms with Crippen molar-refractivity contribution in [1.29, 1.82) is 0 Å².